The third-order valence-electron chi connectivity index (χ3n) is 3.99. The number of rotatable bonds is 2. The predicted molar refractivity (Wildman–Crippen MR) is 69.8 cm³/mol. The molecule has 1 aromatic rings. The lowest BCUT2D eigenvalue weighted by Gasteiger charge is -2.28. The van der Waals surface area contributed by atoms with Gasteiger partial charge in [-0.25, -0.2) is 0 Å². The minimum Gasteiger partial charge on any atom is -0.314 e. The monoisotopic (exact) mass is 217 g/mol. The molecule has 2 atom stereocenters. The van der Waals surface area contributed by atoms with Crippen LogP contribution in [0.25, 0.3) is 0 Å². The Bertz CT molecular complexity index is 348. The van der Waals surface area contributed by atoms with Gasteiger partial charge in [0.15, 0.2) is 0 Å². The smallest absolute Gasteiger partial charge is 0.00389 e. The van der Waals surface area contributed by atoms with Crippen molar-refractivity contribution in [1.82, 2.24) is 5.32 Å². The fraction of sp³-hybridized carbons (Fsp3) is 0.600. The number of piperidine rings is 1. The summed E-state index contributed by atoms with van der Waals surface area (Å²) in [6.45, 7) is 7.94. The van der Waals surface area contributed by atoms with Crippen LogP contribution in [0.15, 0.2) is 18.2 Å². The summed E-state index contributed by atoms with van der Waals surface area (Å²) in [7, 11) is 0. The first-order chi connectivity index (χ1) is 7.66. The van der Waals surface area contributed by atoms with Gasteiger partial charge in [-0.05, 0) is 69.2 Å². The lowest BCUT2D eigenvalue weighted by Crippen LogP contribution is -2.37. The lowest BCUT2D eigenvalue weighted by atomic mass is 9.87. The second-order valence-corrected chi connectivity index (χ2v) is 5.32. The normalized spacial score (nSPS) is 25.7. The molecule has 0 radical (unpaired) electrons. The highest BCUT2D eigenvalue weighted by Gasteiger charge is 2.18. The van der Waals surface area contributed by atoms with Crippen LogP contribution in [-0.2, 0) is 6.42 Å². The zero-order valence-electron chi connectivity index (χ0n) is 10.7. The van der Waals surface area contributed by atoms with Crippen LogP contribution >= 0.6 is 0 Å². The molecule has 1 aliphatic rings. The fourth-order valence-electron chi connectivity index (χ4n) is 2.58. The Morgan fingerprint density at radius 3 is 2.75 bits per heavy atom. The van der Waals surface area contributed by atoms with Gasteiger partial charge in [-0.15, -0.1) is 0 Å². The van der Waals surface area contributed by atoms with Crippen molar-refractivity contribution in [3.05, 3.63) is 34.9 Å². The van der Waals surface area contributed by atoms with E-state index in [0.717, 1.165) is 12.0 Å². The first-order valence-electron chi connectivity index (χ1n) is 6.45. The summed E-state index contributed by atoms with van der Waals surface area (Å²) in [6.07, 6.45) is 3.95. The van der Waals surface area contributed by atoms with Crippen molar-refractivity contribution in [3.63, 3.8) is 0 Å². The van der Waals surface area contributed by atoms with E-state index < -0.39 is 0 Å². The van der Waals surface area contributed by atoms with Crippen LogP contribution < -0.4 is 5.32 Å². The summed E-state index contributed by atoms with van der Waals surface area (Å²) >= 11 is 0. The summed E-state index contributed by atoms with van der Waals surface area (Å²) < 4.78 is 0. The van der Waals surface area contributed by atoms with E-state index >= 15 is 0 Å². The standard InChI is InChI=1S/C15H23N/c1-11-5-4-6-15(13(11)3)9-14-8-7-12(2)16-10-14/h4-6,12,14,16H,7-10H2,1-3H3. The molecule has 1 heteroatoms. The molecular weight excluding hydrogens is 194 g/mol. The molecule has 16 heavy (non-hydrogen) atoms. The zero-order chi connectivity index (χ0) is 11.5. The highest BCUT2D eigenvalue weighted by atomic mass is 14.9. The summed E-state index contributed by atoms with van der Waals surface area (Å²) in [5.41, 5.74) is 4.46. The molecule has 0 amide bonds. The average molecular weight is 217 g/mol. The van der Waals surface area contributed by atoms with Crippen molar-refractivity contribution in [1.29, 1.82) is 0 Å². The van der Waals surface area contributed by atoms with Gasteiger partial charge in [-0.3, -0.25) is 0 Å². The van der Waals surface area contributed by atoms with Gasteiger partial charge in [0.25, 0.3) is 0 Å². The molecule has 1 aliphatic heterocycles. The van der Waals surface area contributed by atoms with Crippen molar-refractivity contribution in [2.45, 2.75) is 46.1 Å². The summed E-state index contributed by atoms with van der Waals surface area (Å²) in [5.74, 6) is 0.830. The molecule has 1 aromatic carbocycles. The molecule has 1 saturated heterocycles. The highest BCUT2D eigenvalue weighted by Crippen LogP contribution is 2.22. The van der Waals surface area contributed by atoms with Gasteiger partial charge in [0.2, 0.25) is 0 Å². The molecule has 0 aromatic heterocycles. The zero-order valence-corrected chi connectivity index (χ0v) is 10.7. The van der Waals surface area contributed by atoms with Gasteiger partial charge in [0.1, 0.15) is 0 Å². The second kappa shape index (κ2) is 5.01. The van der Waals surface area contributed by atoms with E-state index in [1.165, 1.54) is 36.9 Å². The van der Waals surface area contributed by atoms with Crippen molar-refractivity contribution in [2.24, 2.45) is 5.92 Å². The molecule has 1 heterocycles. The van der Waals surface area contributed by atoms with Gasteiger partial charge in [-0.1, -0.05) is 18.2 Å². The van der Waals surface area contributed by atoms with E-state index in [0.29, 0.717) is 0 Å². The maximum Gasteiger partial charge on any atom is 0.00389 e. The van der Waals surface area contributed by atoms with E-state index in [1.54, 1.807) is 5.56 Å². The molecule has 0 bridgehead atoms. The lowest BCUT2D eigenvalue weighted by molar-refractivity contribution is 0.322. The quantitative estimate of drug-likeness (QED) is 0.802. The van der Waals surface area contributed by atoms with Gasteiger partial charge < -0.3 is 5.32 Å². The van der Waals surface area contributed by atoms with Crippen molar-refractivity contribution in [3.8, 4) is 0 Å². The number of nitrogens with one attached hydrogen (secondary N) is 1. The molecule has 2 rings (SSSR count). The van der Waals surface area contributed by atoms with Crippen LogP contribution in [0.2, 0.25) is 0 Å². The van der Waals surface area contributed by atoms with Crippen LogP contribution in [-0.4, -0.2) is 12.6 Å². The molecule has 1 fully saturated rings. The third-order valence-corrected chi connectivity index (χ3v) is 3.99. The molecule has 88 valence electrons. The van der Waals surface area contributed by atoms with Gasteiger partial charge in [0.05, 0.1) is 0 Å². The van der Waals surface area contributed by atoms with Crippen LogP contribution in [0.1, 0.15) is 36.5 Å². The number of benzene rings is 1. The Morgan fingerprint density at radius 1 is 1.25 bits per heavy atom. The molecule has 0 saturated carbocycles. The molecule has 0 aliphatic carbocycles. The third kappa shape index (κ3) is 2.65. The van der Waals surface area contributed by atoms with Crippen molar-refractivity contribution >= 4 is 0 Å². The Balaban J connectivity index is 2.01. The van der Waals surface area contributed by atoms with E-state index in [9.17, 15) is 0 Å². The summed E-state index contributed by atoms with van der Waals surface area (Å²) in [5, 5.41) is 3.59. The van der Waals surface area contributed by atoms with Crippen LogP contribution in [0.4, 0.5) is 0 Å². The van der Waals surface area contributed by atoms with E-state index in [4.69, 9.17) is 0 Å². The Labute approximate surface area is 99.3 Å². The largest absolute Gasteiger partial charge is 0.314 e. The molecule has 2 unspecified atom stereocenters. The van der Waals surface area contributed by atoms with Crippen LogP contribution in [0.3, 0.4) is 0 Å². The first kappa shape index (κ1) is 11.7. The maximum absolute atomic E-state index is 3.59. The number of aryl methyl sites for hydroxylation is 1. The first-order valence-corrected chi connectivity index (χ1v) is 6.45. The average Bonchev–Trinajstić information content (AvgIpc) is 2.28. The molecule has 1 nitrogen and oxygen atoms in total. The number of hydrogen-bond acceptors (Lipinski definition) is 1. The van der Waals surface area contributed by atoms with Crippen molar-refractivity contribution < 1.29 is 0 Å². The molecular formula is C15H23N. The van der Waals surface area contributed by atoms with Gasteiger partial charge in [-0.2, -0.15) is 0 Å². The van der Waals surface area contributed by atoms with E-state index in [2.05, 4.69) is 44.3 Å². The second-order valence-electron chi connectivity index (χ2n) is 5.32. The SMILES string of the molecule is Cc1cccc(CC2CCC(C)NC2)c1C. The Morgan fingerprint density at radius 2 is 2.06 bits per heavy atom. The number of hydrogen-bond donors (Lipinski definition) is 1. The summed E-state index contributed by atoms with van der Waals surface area (Å²) in [4.78, 5) is 0. The minimum absolute atomic E-state index is 0.717. The highest BCUT2D eigenvalue weighted by molar-refractivity contribution is 5.33. The topological polar surface area (TPSA) is 12.0 Å². The van der Waals surface area contributed by atoms with Crippen molar-refractivity contribution in [2.75, 3.05) is 6.54 Å². The summed E-state index contributed by atoms with van der Waals surface area (Å²) in [6, 6.07) is 7.41. The fourth-order valence-corrected chi connectivity index (χ4v) is 2.58. The van der Waals surface area contributed by atoms with E-state index in [-0.39, 0.29) is 0 Å². The minimum atomic E-state index is 0.717. The van der Waals surface area contributed by atoms with E-state index in [1.807, 2.05) is 0 Å². The Hall–Kier alpha value is -0.820. The van der Waals surface area contributed by atoms with Crippen LogP contribution in [0.5, 0.6) is 0 Å². The van der Waals surface area contributed by atoms with Gasteiger partial charge >= 0.3 is 0 Å². The Kier molecular flexibility index (Phi) is 3.65. The van der Waals surface area contributed by atoms with Crippen LogP contribution in [0, 0.1) is 19.8 Å². The predicted octanol–water partition coefficient (Wildman–Crippen LogP) is 3.23. The molecule has 1 N–H and O–H groups in total. The molecule has 0 spiro atoms. The van der Waals surface area contributed by atoms with Gasteiger partial charge in [0, 0.05) is 6.04 Å². The maximum atomic E-state index is 3.59.